The second-order valence-corrected chi connectivity index (χ2v) is 3.41. The van der Waals surface area contributed by atoms with Crippen LogP contribution in [0.25, 0.3) is 0 Å². The van der Waals surface area contributed by atoms with Gasteiger partial charge in [-0.05, 0) is 18.6 Å². The molecule has 1 atom stereocenters. The van der Waals surface area contributed by atoms with Gasteiger partial charge in [0.05, 0.1) is 0 Å². The van der Waals surface area contributed by atoms with Crippen molar-refractivity contribution in [3.05, 3.63) is 30.3 Å². The van der Waals surface area contributed by atoms with Gasteiger partial charge in [0.1, 0.15) is 6.04 Å². The number of anilines is 1. The molecule has 5 heteroatoms. The Bertz CT molecular complexity index is 365. The van der Waals surface area contributed by atoms with Gasteiger partial charge in [-0.3, -0.25) is 4.79 Å². The number of nitrogens with one attached hydrogen (secondary N) is 1. The Morgan fingerprint density at radius 3 is 2.44 bits per heavy atom. The smallest absolute Gasteiger partial charge is 0.326 e. The molecule has 0 spiro atoms. The lowest BCUT2D eigenvalue weighted by molar-refractivity contribution is -0.138. The van der Waals surface area contributed by atoms with Crippen molar-refractivity contribution in [1.82, 2.24) is 0 Å². The fourth-order valence-electron chi connectivity index (χ4n) is 1.28. The van der Waals surface area contributed by atoms with Gasteiger partial charge in [0.15, 0.2) is 0 Å². The Balaban J connectivity index is 2.58. The molecule has 0 radical (unpaired) electrons. The molecule has 0 aromatic heterocycles. The summed E-state index contributed by atoms with van der Waals surface area (Å²) in [5, 5.41) is 11.8. The van der Waals surface area contributed by atoms with Crippen molar-refractivity contribution < 1.29 is 14.7 Å². The quantitative estimate of drug-likeness (QED) is 0.664. The van der Waals surface area contributed by atoms with E-state index in [0.717, 1.165) is 0 Å². The van der Waals surface area contributed by atoms with E-state index in [1.165, 1.54) is 0 Å². The first-order chi connectivity index (χ1) is 7.59. The normalized spacial score (nSPS) is 11.8. The molecule has 86 valence electrons. The van der Waals surface area contributed by atoms with Gasteiger partial charge < -0.3 is 16.2 Å². The van der Waals surface area contributed by atoms with Crippen LogP contribution in [0.1, 0.15) is 12.8 Å². The average molecular weight is 222 g/mol. The molecule has 1 amide bonds. The standard InChI is InChI=1S/C11H14N2O3/c12-10(14)7-6-9(11(15)16)13-8-4-2-1-3-5-8/h1-5,9,13H,6-7H2,(H2,12,14)(H,15,16)/t9-/m0/s1. The van der Waals surface area contributed by atoms with Crippen LogP contribution in [0.2, 0.25) is 0 Å². The Labute approximate surface area is 93.3 Å². The summed E-state index contributed by atoms with van der Waals surface area (Å²) >= 11 is 0. The first-order valence-corrected chi connectivity index (χ1v) is 4.92. The van der Waals surface area contributed by atoms with Crippen LogP contribution in [0.5, 0.6) is 0 Å². The number of primary amides is 1. The monoisotopic (exact) mass is 222 g/mol. The molecule has 4 N–H and O–H groups in total. The average Bonchev–Trinajstić information content (AvgIpc) is 2.25. The topological polar surface area (TPSA) is 92.4 Å². The van der Waals surface area contributed by atoms with Crippen molar-refractivity contribution in [2.75, 3.05) is 5.32 Å². The van der Waals surface area contributed by atoms with E-state index in [1.54, 1.807) is 24.3 Å². The molecule has 0 fully saturated rings. The number of amides is 1. The first kappa shape index (κ1) is 12.0. The summed E-state index contributed by atoms with van der Waals surface area (Å²) in [4.78, 5) is 21.5. The van der Waals surface area contributed by atoms with Crippen molar-refractivity contribution >= 4 is 17.6 Å². The van der Waals surface area contributed by atoms with E-state index in [4.69, 9.17) is 10.8 Å². The summed E-state index contributed by atoms with van der Waals surface area (Å²) in [6.45, 7) is 0. The van der Waals surface area contributed by atoms with Gasteiger partial charge in [0, 0.05) is 12.1 Å². The minimum absolute atomic E-state index is 0.0524. The lowest BCUT2D eigenvalue weighted by Crippen LogP contribution is -2.30. The van der Waals surface area contributed by atoms with Crippen molar-refractivity contribution in [2.45, 2.75) is 18.9 Å². The third-order valence-electron chi connectivity index (χ3n) is 2.09. The number of carboxylic acids is 1. The van der Waals surface area contributed by atoms with E-state index in [1.807, 2.05) is 6.07 Å². The number of para-hydroxylation sites is 1. The van der Waals surface area contributed by atoms with Crippen molar-refractivity contribution in [1.29, 1.82) is 0 Å². The molecule has 0 saturated heterocycles. The summed E-state index contributed by atoms with van der Waals surface area (Å²) in [6, 6.07) is 8.17. The van der Waals surface area contributed by atoms with E-state index in [0.29, 0.717) is 5.69 Å². The van der Waals surface area contributed by atoms with Gasteiger partial charge in [-0.15, -0.1) is 0 Å². The van der Waals surface area contributed by atoms with Crippen LogP contribution in [0, 0.1) is 0 Å². The number of hydrogen-bond acceptors (Lipinski definition) is 3. The van der Waals surface area contributed by atoms with E-state index >= 15 is 0 Å². The summed E-state index contributed by atoms with van der Waals surface area (Å²) in [7, 11) is 0. The SMILES string of the molecule is NC(=O)CC[C@H](Nc1ccccc1)C(=O)O. The van der Waals surface area contributed by atoms with Gasteiger partial charge in [0.2, 0.25) is 5.91 Å². The predicted molar refractivity (Wildman–Crippen MR) is 59.9 cm³/mol. The zero-order valence-corrected chi connectivity index (χ0v) is 8.72. The van der Waals surface area contributed by atoms with E-state index < -0.39 is 17.9 Å². The van der Waals surface area contributed by atoms with Crippen LogP contribution in [0.4, 0.5) is 5.69 Å². The van der Waals surface area contributed by atoms with Crippen molar-refractivity contribution in [3.8, 4) is 0 Å². The first-order valence-electron chi connectivity index (χ1n) is 4.92. The molecule has 0 bridgehead atoms. The molecule has 0 saturated carbocycles. The minimum Gasteiger partial charge on any atom is -0.480 e. The van der Waals surface area contributed by atoms with Crippen LogP contribution in [0.3, 0.4) is 0 Å². The Kier molecular flexibility index (Phi) is 4.32. The molecule has 0 unspecified atom stereocenters. The molecular weight excluding hydrogens is 208 g/mol. The maximum atomic E-state index is 10.9. The van der Waals surface area contributed by atoms with Crippen LogP contribution in [0.15, 0.2) is 30.3 Å². The summed E-state index contributed by atoms with van der Waals surface area (Å²) in [5.74, 6) is -1.49. The largest absolute Gasteiger partial charge is 0.480 e. The Morgan fingerprint density at radius 2 is 1.94 bits per heavy atom. The van der Waals surface area contributed by atoms with E-state index in [-0.39, 0.29) is 12.8 Å². The summed E-state index contributed by atoms with van der Waals surface area (Å²) in [6.07, 6.45) is 0.233. The summed E-state index contributed by atoms with van der Waals surface area (Å²) < 4.78 is 0. The highest BCUT2D eigenvalue weighted by atomic mass is 16.4. The Hall–Kier alpha value is -2.04. The third-order valence-corrected chi connectivity index (χ3v) is 2.09. The number of rotatable bonds is 6. The number of hydrogen-bond donors (Lipinski definition) is 3. The van der Waals surface area contributed by atoms with Crippen LogP contribution in [-0.2, 0) is 9.59 Å². The number of carboxylic acid groups (broad SMARTS) is 1. The molecule has 0 heterocycles. The molecule has 0 aliphatic heterocycles. The highest BCUT2D eigenvalue weighted by molar-refractivity contribution is 5.79. The number of carbonyl (C=O) groups is 2. The summed E-state index contributed by atoms with van der Waals surface area (Å²) in [5.41, 5.74) is 5.68. The van der Waals surface area contributed by atoms with Crippen LogP contribution in [-0.4, -0.2) is 23.0 Å². The van der Waals surface area contributed by atoms with Gasteiger partial charge in [-0.1, -0.05) is 18.2 Å². The number of aliphatic carboxylic acids is 1. The maximum absolute atomic E-state index is 10.9. The van der Waals surface area contributed by atoms with Gasteiger partial charge in [-0.25, -0.2) is 4.79 Å². The molecule has 1 rings (SSSR count). The van der Waals surface area contributed by atoms with E-state index in [2.05, 4.69) is 5.32 Å². The number of carbonyl (C=O) groups excluding carboxylic acids is 1. The second kappa shape index (κ2) is 5.75. The highest BCUT2D eigenvalue weighted by Gasteiger charge is 2.17. The predicted octanol–water partition coefficient (Wildman–Crippen LogP) is 0.817. The Morgan fingerprint density at radius 1 is 1.31 bits per heavy atom. The van der Waals surface area contributed by atoms with Crippen LogP contribution < -0.4 is 11.1 Å². The fraction of sp³-hybridized carbons (Fsp3) is 0.273. The highest BCUT2D eigenvalue weighted by Crippen LogP contribution is 2.10. The van der Waals surface area contributed by atoms with Crippen molar-refractivity contribution in [3.63, 3.8) is 0 Å². The molecule has 0 aliphatic carbocycles. The minimum atomic E-state index is -0.995. The molecule has 16 heavy (non-hydrogen) atoms. The van der Waals surface area contributed by atoms with Crippen LogP contribution >= 0.6 is 0 Å². The van der Waals surface area contributed by atoms with E-state index in [9.17, 15) is 9.59 Å². The van der Waals surface area contributed by atoms with Gasteiger partial charge in [-0.2, -0.15) is 0 Å². The molecule has 5 nitrogen and oxygen atoms in total. The van der Waals surface area contributed by atoms with Crippen molar-refractivity contribution in [2.24, 2.45) is 5.73 Å². The fourth-order valence-corrected chi connectivity index (χ4v) is 1.28. The van der Waals surface area contributed by atoms with Gasteiger partial charge in [0.25, 0.3) is 0 Å². The third kappa shape index (κ3) is 4.00. The number of benzene rings is 1. The molecule has 1 aromatic rings. The lowest BCUT2D eigenvalue weighted by atomic mass is 10.1. The maximum Gasteiger partial charge on any atom is 0.326 e. The number of nitrogens with two attached hydrogens (primary N) is 1. The zero-order valence-electron chi connectivity index (χ0n) is 8.72. The second-order valence-electron chi connectivity index (χ2n) is 3.41. The zero-order chi connectivity index (χ0) is 12.0. The molecular formula is C11H14N2O3. The van der Waals surface area contributed by atoms with Gasteiger partial charge >= 0.3 is 5.97 Å². The molecule has 0 aliphatic rings. The lowest BCUT2D eigenvalue weighted by Gasteiger charge is -2.14. The molecule has 1 aromatic carbocycles.